The number of carbonyl (C=O) groups is 1. The molecule has 0 heterocycles. The molecule has 0 saturated heterocycles. The summed E-state index contributed by atoms with van der Waals surface area (Å²) in [6.45, 7) is 0. The highest BCUT2D eigenvalue weighted by Gasteiger charge is 2.35. The lowest BCUT2D eigenvalue weighted by atomic mass is 9.75. The molecule has 1 aromatic carbocycles. The topological polar surface area (TPSA) is 75.8 Å². The lowest BCUT2D eigenvalue weighted by molar-refractivity contribution is -0.102. The molecule has 2 rings (SSSR count). The van der Waals surface area contributed by atoms with Gasteiger partial charge < -0.3 is 10.5 Å². The smallest absolute Gasteiger partial charge is 0.338 e. The second-order valence-electron chi connectivity index (χ2n) is 4.28. The summed E-state index contributed by atoms with van der Waals surface area (Å²) in [6.07, 6.45) is 1.46. The fourth-order valence-corrected chi connectivity index (χ4v) is 2.14. The van der Waals surface area contributed by atoms with Crippen molar-refractivity contribution in [2.24, 2.45) is 5.73 Å². The summed E-state index contributed by atoms with van der Waals surface area (Å²) >= 11 is 0. The number of amides is 2. The third kappa shape index (κ3) is 2.34. The maximum Gasteiger partial charge on any atom is 0.338 e. The van der Waals surface area contributed by atoms with Crippen molar-refractivity contribution in [2.45, 2.75) is 24.8 Å². The van der Waals surface area contributed by atoms with Crippen LogP contribution in [0.2, 0.25) is 0 Å². The Hall–Kier alpha value is -1.75. The van der Waals surface area contributed by atoms with Crippen molar-refractivity contribution in [3.05, 3.63) is 29.8 Å². The van der Waals surface area contributed by atoms with E-state index in [0.29, 0.717) is 11.0 Å². The third-order valence-electron chi connectivity index (χ3n) is 3.25. The van der Waals surface area contributed by atoms with E-state index in [0.717, 1.165) is 18.6 Å². The minimum absolute atomic E-state index is 0.163. The van der Waals surface area contributed by atoms with Crippen molar-refractivity contribution in [1.29, 1.82) is 0 Å². The number of benzene rings is 1. The molecule has 5 nitrogen and oxygen atoms in total. The molecule has 0 bridgehead atoms. The molecule has 0 unspecified atom stereocenters. The summed E-state index contributed by atoms with van der Waals surface area (Å²) in [5.74, 6) is 1.17. The number of hydrogen-bond donors (Lipinski definition) is 2. The van der Waals surface area contributed by atoms with Gasteiger partial charge in [0.1, 0.15) is 5.75 Å². The number of ether oxygens (including phenoxy) is 1. The molecule has 1 aliphatic rings. The lowest BCUT2D eigenvalue weighted by Gasteiger charge is -2.39. The highest BCUT2D eigenvalue weighted by atomic mass is 16.5. The average Bonchev–Trinajstić information content (AvgIpc) is 2.27. The average molecular weight is 236 g/mol. The van der Waals surface area contributed by atoms with Gasteiger partial charge in [-0.3, -0.25) is 5.21 Å². The summed E-state index contributed by atoms with van der Waals surface area (Å²) < 4.78 is 5.15. The number of hydrogen-bond acceptors (Lipinski definition) is 3. The number of urea groups is 1. The minimum Gasteiger partial charge on any atom is -0.497 e. The first-order valence-electron chi connectivity index (χ1n) is 5.53. The molecule has 1 aliphatic carbocycles. The van der Waals surface area contributed by atoms with Crippen molar-refractivity contribution < 1.29 is 14.7 Å². The molecule has 2 amide bonds. The Balaban J connectivity index is 1.97. The number of hydroxylamine groups is 2. The van der Waals surface area contributed by atoms with Crippen LogP contribution in [-0.4, -0.2) is 29.5 Å². The van der Waals surface area contributed by atoms with Gasteiger partial charge in [0, 0.05) is 0 Å². The fraction of sp³-hybridized carbons (Fsp3) is 0.417. The van der Waals surface area contributed by atoms with E-state index >= 15 is 0 Å². The Kier molecular flexibility index (Phi) is 3.19. The molecule has 0 radical (unpaired) electrons. The molecule has 3 N–H and O–H groups in total. The van der Waals surface area contributed by atoms with Gasteiger partial charge in [-0.1, -0.05) is 12.1 Å². The SMILES string of the molecule is COc1cccc([C@H]2C[C@@H](N(O)C(N)=O)C2)c1. The van der Waals surface area contributed by atoms with Crippen molar-refractivity contribution >= 4 is 6.03 Å². The van der Waals surface area contributed by atoms with E-state index in [4.69, 9.17) is 10.5 Å². The third-order valence-corrected chi connectivity index (χ3v) is 3.25. The standard InChI is InChI=1S/C12H16N2O3/c1-17-11-4-2-3-8(7-11)9-5-10(6-9)14(16)12(13)15/h2-4,7,9-10,16H,5-6H2,1H3,(H2,13,15)/t9-,10+. The Morgan fingerprint density at radius 1 is 1.53 bits per heavy atom. The van der Waals surface area contributed by atoms with Crippen LogP contribution in [0.3, 0.4) is 0 Å². The van der Waals surface area contributed by atoms with E-state index < -0.39 is 6.03 Å². The van der Waals surface area contributed by atoms with Crippen LogP contribution in [-0.2, 0) is 0 Å². The van der Waals surface area contributed by atoms with Gasteiger partial charge in [-0.05, 0) is 36.5 Å². The van der Waals surface area contributed by atoms with E-state index in [1.807, 2.05) is 24.3 Å². The number of carbonyl (C=O) groups excluding carboxylic acids is 1. The molecule has 0 aromatic heterocycles. The van der Waals surface area contributed by atoms with E-state index in [9.17, 15) is 10.0 Å². The zero-order valence-corrected chi connectivity index (χ0v) is 9.67. The Morgan fingerprint density at radius 3 is 2.82 bits per heavy atom. The molecule has 92 valence electrons. The number of methoxy groups -OCH3 is 1. The van der Waals surface area contributed by atoms with Gasteiger partial charge in [-0.2, -0.15) is 0 Å². The van der Waals surface area contributed by atoms with Crippen molar-refractivity contribution in [2.75, 3.05) is 7.11 Å². The van der Waals surface area contributed by atoms with Crippen LogP contribution >= 0.6 is 0 Å². The van der Waals surface area contributed by atoms with Crippen molar-refractivity contribution in [1.82, 2.24) is 5.06 Å². The molecular weight excluding hydrogens is 220 g/mol. The molecule has 0 atom stereocenters. The first-order valence-corrected chi connectivity index (χ1v) is 5.53. The number of nitrogens with two attached hydrogens (primary N) is 1. The van der Waals surface area contributed by atoms with Gasteiger partial charge in [0.15, 0.2) is 0 Å². The molecule has 17 heavy (non-hydrogen) atoms. The van der Waals surface area contributed by atoms with Gasteiger partial charge in [-0.15, -0.1) is 0 Å². The summed E-state index contributed by atoms with van der Waals surface area (Å²) in [5.41, 5.74) is 6.16. The zero-order chi connectivity index (χ0) is 12.4. The quantitative estimate of drug-likeness (QED) is 0.619. The summed E-state index contributed by atoms with van der Waals surface area (Å²) in [7, 11) is 1.63. The number of rotatable bonds is 3. The van der Waals surface area contributed by atoms with Gasteiger partial charge >= 0.3 is 6.03 Å². The predicted molar refractivity (Wildman–Crippen MR) is 62.0 cm³/mol. The van der Waals surface area contributed by atoms with Gasteiger partial charge in [0.05, 0.1) is 13.2 Å². The zero-order valence-electron chi connectivity index (χ0n) is 9.67. The first kappa shape index (κ1) is 11.7. The predicted octanol–water partition coefficient (Wildman–Crippen LogP) is 1.71. The van der Waals surface area contributed by atoms with Crippen molar-refractivity contribution in [3.63, 3.8) is 0 Å². The van der Waals surface area contributed by atoms with Gasteiger partial charge in [0.25, 0.3) is 0 Å². The van der Waals surface area contributed by atoms with Gasteiger partial charge in [0.2, 0.25) is 0 Å². The molecule has 1 saturated carbocycles. The molecule has 1 fully saturated rings. The minimum atomic E-state index is -0.793. The normalized spacial score (nSPS) is 22.7. The van der Waals surface area contributed by atoms with Gasteiger partial charge in [-0.25, -0.2) is 9.86 Å². The van der Waals surface area contributed by atoms with Crippen LogP contribution in [0.5, 0.6) is 5.75 Å². The Labute approximate surface area is 99.7 Å². The monoisotopic (exact) mass is 236 g/mol. The number of primary amides is 1. The van der Waals surface area contributed by atoms with Crippen LogP contribution < -0.4 is 10.5 Å². The van der Waals surface area contributed by atoms with Crippen LogP contribution in [0.15, 0.2) is 24.3 Å². The van der Waals surface area contributed by atoms with E-state index in [1.54, 1.807) is 7.11 Å². The van der Waals surface area contributed by atoms with E-state index in [2.05, 4.69) is 0 Å². The summed E-state index contributed by atoms with van der Waals surface area (Å²) in [4.78, 5) is 10.8. The van der Waals surface area contributed by atoms with Crippen molar-refractivity contribution in [3.8, 4) is 5.75 Å². The molecular formula is C12H16N2O3. The Bertz CT molecular complexity index is 416. The largest absolute Gasteiger partial charge is 0.497 e. The Morgan fingerprint density at radius 2 is 2.24 bits per heavy atom. The second-order valence-corrected chi connectivity index (χ2v) is 4.28. The maximum absolute atomic E-state index is 10.8. The first-order chi connectivity index (χ1) is 8.11. The highest BCUT2D eigenvalue weighted by Crippen LogP contribution is 2.40. The molecule has 1 aromatic rings. The summed E-state index contributed by atoms with van der Waals surface area (Å²) in [6, 6.07) is 6.87. The second kappa shape index (κ2) is 4.63. The highest BCUT2D eigenvalue weighted by molar-refractivity contribution is 5.71. The van der Waals surface area contributed by atoms with Crippen LogP contribution in [0, 0.1) is 0 Å². The van der Waals surface area contributed by atoms with E-state index in [1.165, 1.54) is 5.56 Å². The maximum atomic E-state index is 10.8. The number of nitrogens with zero attached hydrogens (tertiary/aromatic N) is 1. The fourth-order valence-electron chi connectivity index (χ4n) is 2.14. The van der Waals surface area contributed by atoms with Crippen LogP contribution in [0.1, 0.15) is 24.3 Å². The van der Waals surface area contributed by atoms with Crippen LogP contribution in [0.25, 0.3) is 0 Å². The lowest BCUT2D eigenvalue weighted by Crippen LogP contribution is -2.47. The molecule has 0 spiro atoms. The summed E-state index contributed by atoms with van der Waals surface area (Å²) in [5, 5.41) is 9.97. The van der Waals surface area contributed by atoms with Crippen LogP contribution in [0.4, 0.5) is 4.79 Å². The van der Waals surface area contributed by atoms with E-state index in [-0.39, 0.29) is 6.04 Å². The molecule has 0 aliphatic heterocycles. The molecule has 5 heteroatoms.